The van der Waals surface area contributed by atoms with Crippen molar-refractivity contribution in [2.75, 3.05) is 45.0 Å². The number of nitrogens with zero attached hydrogens (tertiary/aromatic N) is 6. The summed E-state index contributed by atoms with van der Waals surface area (Å²) in [4.78, 5) is 27.3. The summed E-state index contributed by atoms with van der Waals surface area (Å²) in [5, 5.41) is 4.27. The molecule has 3 aromatic rings. The van der Waals surface area contributed by atoms with E-state index in [4.69, 9.17) is 4.98 Å². The maximum absolute atomic E-state index is 13.8. The first-order valence-corrected chi connectivity index (χ1v) is 13.9. The van der Waals surface area contributed by atoms with E-state index in [1.807, 2.05) is 46.2 Å². The summed E-state index contributed by atoms with van der Waals surface area (Å²) in [7, 11) is 0. The molecule has 5 rings (SSSR count). The first kappa shape index (κ1) is 24.7. The van der Waals surface area contributed by atoms with E-state index in [9.17, 15) is 4.79 Å². The Labute approximate surface area is 218 Å². The Hall–Kier alpha value is -2.94. The molecule has 2 aliphatic rings. The van der Waals surface area contributed by atoms with Gasteiger partial charge in [0.2, 0.25) is 0 Å². The van der Waals surface area contributed by atoms with Crippen molar-refractivity contribution >= 4 is 17.8 Å². The van der Waals surface area contributed by atoms with Gasteiger partial charge in [-0.15, -0.1) is 11.8 Å². The van der Waals surface area contributed by atoms with Crippen LogP contribution >= 0.6 is 11.8 Å². The van der Waals surface area contributed by atoms with Gasteiger partial charge in [0.1, 0.15) is 5.37 Å². The topological polar surface area (TPSA) is 55.8 Å². The van der Waals surface area contributed by atoms with Crippen molar-refractivity contribution in [2.24, 2.45) is 0 Å². The summed E-state index contributed by atoms with van der Waals surface area (Å²) < 4.78 is 0. The van der Waals surface area contributed by atoms with Crippen molar-refractivity contribution in [1.29, 1.82) is 0 Å². The highest BCUT2D eigenvalue weighted by Crippen LogP contribution is 2.38. The molecule has 0 spiro atoms. The minimum absolute atomic E-state index is 0.0264. The van der Waals surface area contributed by atoms with Gasteiger partial charge >= 0.3 is 6.03 Å². The van der Waals surface area contributed by atoms with Crippen LogP contribution in [0.3, 0.4) is 0 Å². The maximum Gasteiger partial charge on any atom is 0.335 e. The largest absolute Gasteiger partial charge is 0.335 e. The lowest BCUT2D eigenvalue weighted by atomic mass is 10.0. The number of pyridine rings is 2. The van der Waals surface area contributed by atoms with Gasteiger partial charge in [0, 0.05) is 69.2 Å². The number of hydrogen-bond donors (Lipinski definition) is 0. The molecule has 1 aromatic carbocycles. The number of amides is 2. The fourth-order valence-electron chi connectivity index (χ4n) is 5.13. The van der Waals surface area contributed by atoms with Crippen LogP contribution in [-0.2, 0) is 0 Å². The number of hydrogen-bond acceptors (Lipinski definition) is 6. The molecule has 0 radical (unpaired) electrons. The molecule has 0 bridgehead atoms. The first-order chi connectivity index (χ1) is 17.8. The zero-order valence-electron chi connectivity index (χ0n) is 20.8. The van der Waals surface area contributed by atoms with Crippen LogP contribution in [0.1, 0.15) is 41.6 Å². The molecule has 188 valence electrons. The third kappa shape index (κ3) is 5.40. The van der Waals surface area contributed by atoms with Gasteiger partial charge in [0.05, 0.1) is 11.7 Å². The van der Waals surface area contributed by atoms with Crippen molar-refractivity contribution in [3.63, 3.8) is 0 Å². The van der Waals surface area contributed by atoms with Crippen molar-refractivity contribution in [3.8, 4) is 0 Å². The summed E-state index contributed by atoms with van der Waals surface area (Å²) in [5.41, 5.74) is 3.40. The van der Waals surface area contributed by atoms with E-state index in [1.54, 1.807) is 6.20 Å². The summed E-state index contributed by atoms with van der Waals surface area (Å²) >= 11 is 1.82. The number of piperazine rings is 1. The third-order valence-electron chi connectivity index (χ3n) is 6.84. The van der Waals surface area contributed by atoms with Gasteiger partial charge in [0.25, 0.3) is 0 Å². The van der Waals surface area contributed by atoms with Gasteiger partial charge in [-0.05, 0) is 30.2 Å². The average Bonchev–Trinajstić information content (AvgIpc) is 3.44. The highest BCUT2D eigenvalue weighted by atomic mass is 32.2. The molecule has 36 heavy (non-hydrogen) atoms. The van der Waals surface area contributed by atoms with Crippen LogP contribution in [0.4, 0.5) is 4.79 Å². The smallest absolute Gasteiger partial charge is 0.307 e. The Morgan fingerprint density at radius 3 is 2.50 bits per heavy atom. The minimum atomic E-state index is 0.0264. The van der Waals surface area contributed by atoms with Gasteiger partial charge < -0.3 is 4.90 Å². The second kappa shape index (κ2) is 11.9. The standard InChI is InChI=1S/C28H34N6OS/c1-2-15-34(28(35)33-20-21-36-27(33)24-11-8-13-29-22-24)32-18-16-31(17-19-32)26(23-9-4-3-5-10-23)25-12-6-7-14-30-25/h3-14,22,26-27H,2,15-21H2,1H3. The van der Waals surface area contributed by atoms with Crippen molar-refractivity contribution in [2.45, 2.75) is 24.8 Å². The van der Waals surface area contributed by atoms with E-state index in [0.717, 1.165) is 62.7 Å². The van der Waals surface area contributed by atoms with Crippen LogP contribution < -0.4 is 0 Å². The van der Waals surface area contributed by atoms with Crippen LogP contribution in [0, 0.1) is 0 Å². The first-order valence-electron chi connectivity index (χ1n) is 12.8. The molecule has 2 amide bonds. The molecule has 0 aliphatic carbocycles. The fraction of sp³-hybridized carbons (Fsp3) is 0.393. The van der Waals surface area contributed by atoms with E-state index in [-0.39, 0.29) is 17.4 Å². The van der Waals surface area contributed by atoms with Gasteiger partial charge in [-0.3, -0.25) is 19.9 Å². The van der Waals surface area contributed by atoms with Crippen LogP contribution in [0.25, 0.3) is 0 Å². The molecule has 0 saturated carbocycles. The van der Waals surface area contributed by atoms with Gasteiger partial charge in [-0.25, -0.2) is 9.80 Å². The molecule has 2 atom stereocenters. The van der Waals surface area contributed by atoms with E-state index in [2.05, 4.69) is 70.3 Å². The maximum atomic E-state index is 13.8. The second-order valence-corrected chi connectivity index (χ2v) is 10.4. The number of carbonyl (C=O) groups is 1. The van der Waals surface area contributed by atoms with Crippen molar-refractivity contribution in [3.05, 3.63) is 96.1 Å². The Morgan fingerprint density at radius 2 is 1.81 bits per heavy atom. The monoisotopic (exact) mass is 502 g/mol. The number of rotatable bonds is 7. The summed E-state index contributed by atoms with van der Waals surface area (Å²) in [6, 6.07) is 21.0. The Morgan fingerprint density at radius 1 is 1.00 bits per heavy atom. The van der Waals surface area contributed by atoms with E-state index in [0.29, 0.717) is 0 Å². The molecule has 2 fully saturated rings. The van der Waals surface area contributed by atoms with Crippen molar-refractivity contribution in [1.82, 2.24) is 29.8 Å². The van der Waals surface area contributed by atoms with E-state index in [1.165, 1.54) is 5.56 Å². The van der Waals surface area contributed by atoms with E-state index >= 15 is 0 Å². The zero-order chi connectivity index (χ0) is 24.7. The van der Waals surface area contributed by atoms with Crippen LogP contribution in [0.2, 0.25) is 0 Å². The quantitative estimate of drug-likeness (QED) is 0.468. The summed E-state index contributed by atoms with van der Waals surface area (Å²) in [6.07, 6.45) is 6.46. The summed E-state index contributed by atoms with van der Waals surface area (Å²) in [5.74, 6) is 0.946. The number of benzene rings is 1. The molecule has 4 heterocycles. The number of thioether (sulfide) groups is 1. The minimum Gasteiger partial charge on any atom is -0.307 e. The highest BCUT2D eigenvalue weighted by molar-refractivity contribution is 7.99. The second-order valence-electron chi connectivity index (χ2n) is 9.17. The Kier molecular flexibility index (Phi) is 8.15. The van der Waals surface area contributed by atoms with Crippen molar-refractivity contribution < 1.29 is 4.79 Å². The zero-order valence-corrected chi connectivity index (χ0v) is 21.6. The van der Waals surface area contributed by atoms with Gasteiger partial charge in [-0.1, -0.05) is 49.4 Å². The number of carbonyl (C=O) groups excluding carboxylic acids is 1. The lowest BCUT2D eigenvalue weighted by Gasteiger charge is -2.44. The molecule has 2 unspecified atom stereocenters. The predicted molar refractivity (Wildman–Crippen MR) is 144 cm³/mol. The molecule has 2 aromatic heterocycles. The number of urea groups is 1. The Bertz CT molecular complexity index is 1060. The lowest BCUT2D eigenvalue weighted by Crippen LogP contribution is -2.58. The Balaban J connectivity index is 1.31. The van der Waals surface area contributed by atoms with E-state index < -0.39 is 0 Å². The number of hydrazine groups is 1. The molecule has 2 aliphatic heterocycles. The highest BCUT2D eigenvalue weighted by Gasteiger charge is 2.37. The summed E-state index contributed by atoms with van der Waals surface area (Å²) in [6.45, 7) is 6.97. The SMILES string of the molecule is CCCN(C(=O)N1CCSC1c1cccnc1)N1CCN(C(c2ccccc2)c2ccccn2)CC1. The fourth-order valence-corrected chi connectivity index (χ4v) is 6.37. The molecule has 8 heteroatoms. The molecule has 0 N–H and O–H groups in total. The molecule has 7 nitrogen and oxygen atoms in total. The van der Waals surface area contributed by atoms with Gasteiger partial charge in [0.15, 0.2) is 0 Å². The van der Waals surface area contributed by atoms with Crippen LogP contribution in [0.15, 0.2) is 79.3 Å². The predicted octanol–water partition coefficient (Wildman–Crippen LogP) is 4.68. The third-order valence-corrected chi connectivity index (χ3v) is 8.10. The molecule has 2 saturated heterocycles. The average molecular weight is 503 g/mol. The molecular formula is C28H34N6OS. The van der Waals surface area contributed by atoms with Gasteiger partial charge in [-0.2, -0.15) is 0 Å². The lowest BCUT2D eigenvalue weighted by molar-refractivity contribution is -0.0401. The normalized spacial score (nSPS) is 19.8. The van der Waals surface area contributed by atoms with Crippen LogP contribution in [0.5, 0.6) is 0 Å². The van der Waals surface area contributed by atoms with Crippen LogP contribution in [-0.4, -0.2) is 80.8 Å². The number of aromatic nitrogens is 2. The molecular weight excluding hydrogens is 468 g/mol.